The van der Waals surface area contributed by atoms with E-state index in [2.05, 4.69) is 26.1 Å². The van der Waals surface area contributed by atoms with Crippen LogP contribution in [0.2, 0.25) is 0 Å². The van der Waals surface area contributed by atoms with Crippen molar-refractivity contribution in [3.8, 4) is 0 Å². The molecule has 0 aromatic heterocycles. The Morgan fingerprint density at radius 2 is 2.00 bits per heavy atom. The second-order valence-corrected chi connectivity index (χ2v) is 5.84. The second kappa shape index (κ2) is 4.67. The maximum Gasteiger partial charge on any atom is 0.324 e. The van der Waals surface area contributed by atoms with Crippen LogP contribution in [0, 0.1) is 17.8 Å². The summed E-state index contributed by atoms with van der Waals surface area (Å²) in [7, 11) is 0. The molecule has 1 aliphatic carbocycles. The summed E-state index contributed by atoms with van der Waals surface area (Å²) < 4.78 is 0. The smallest absolute Gasteiger partial charge is 0.312 e. The van der Waals surface area contributed by atoms with E-state index in [0.717, 1.165) is 12.8 Å². The molecule has 1 heterocycles. The van der Waals surface area contributed by atoms with Crippen LogP contribution in [0.3, 0.4) is 0 Å². The fourth-order valence-corrected chi connectivity index (χ4v) is 3.09. The van der Waals surface area contributed by atoms with Crippen molar-refractivity contribution < 1.29 is 9.59 Å². The van der Waals surface area contributed by atoms with E-state index in [1.54, 1.807) is 4.90 Å². The average Bonchev–Trinajstić information content (AvgIpc) is 2.58. The quantitative estimate of drug-likeness (QED) is 0.748. The van der Waals surface area contributed by atoms with Crippen LogP contribution < -0.4 is 5.32 Å². The summed E-state index contributed by atoms with van der Waals surface area (Å²) >= 11 is 0. The van der Waals surface area contributed by atoms with Crippen molar-refractivity contribution >= 4 is 11.9 Å². The Hall–Kier alpha value is -1.06. The molecule has 3 amide bonds. The highest BCUT2D eigenvalue weighted by molar-refractivity contribution is 6.02. The highest BCUT2D eigenvalue weighted by Crippen LogP contribution is 2.36. The third kappa shape index (κ3) is 2.45. The van der Waals surface area contributed by atoms with E-state index in [1.807, 2.05) is 0 Å². The summed E-state index contributed by atoms with van der Waals surface area (Å²) in [6.07, 6.45) is 3.45. The molecule has 96 valence electrons. The summed E-state index contributed by atoms with van der Waals surface area (Å²) in [6.45, 7) is 6.93. The summed E-state index contributed by atoms with van der Waals surface area (Å²) in [5.41, 5.74) is 0. The lowest BCUT2D eigenvalue weighted by Gasteiger charge is -2.40. The molecule has 17 heavy (non-hydrogen) atoms. The van der Waals surface area contributed by atoms with Crippen molar-refractivity contribution in [2.45, 2.75) is 46.1 Å². The van der Waals surface area contributed by atoms with Crippen molar-refractivity contribution in [3.63, 3.8) is 0 Å². The van der Waals surface area contributed by atoms with Gasteiger partial charge < -0.3 is 4.90 Å². The molecule has 1 saturated heterocycles. The molecule has 2 fully saturated rings. The van der Waals surface area contributed by atoms with E-state index in [9.17, 15) is 9.59 Å². The van der Waals surface area contributed by atoms with Gasteiger partial charge in [0.05, 0.1) is 0 Å². The van der Waals surface area contributed by atoms with Crippen molar-refractivity contribution in [1.82, 2.24) is 10.2 Å². The lowest BCUT2D eigenvalue weighted by molar-refractivity contribution is -0.118. The Balaban J connectivity index is 2.07. The number of rotatable bonds is 2. The summed E-state index contributed by atoms with van der Waals surface area (Å²) in [5, 5.41) is 2.38. The molecule has 1 aliphatic heterocycles. The van der Waals surface area contributed by atoms with Gasteiger partial charge in [0, 0.05) is 6.04 Å². The molecule has 0 aromatic carbocycles. The Labute approximate surface area is 103 Å². The van der Waals surface area contributed by atoms with Gasteiger partial charge in [-0.05, 0) is 37.0 Å². The molecule has 4 heteroatoms. The molecule has 1 N–H and O–H groups in total. The van der Waals surface area contributed by atoms with Crippen LogP contribution in [0.15, 0.2) is 0 Å². The van der Waals surface area contributed by atoms with Gasteiger partial charge in [-0.25, -0.2) is 4.79 Å². The fourth-order valence-electron chi connectivity index (χ4n) is 3.09. The minimum Gasteiger partial charge on any atom is -0.312 e. The minimum atomic E-state index is -0.198. The molecule has 4 nitrogen and oxygen atoms in total. The lowest BCUT2D eigenvalue weighted by Crippen LogP contribution is -2.45. The van der Waals surface area contributed by atoms with Gasteiger partial charge in [-0.15, -0.1) is 0 Å². The van der Waals surface area contributed by atoms with Crippen molar-refractivity contribution in [2.75, 3.05) is 6.54 Å². The van der Waals surface area contributed by atoms with Gasteiger partial charge in [-0.3, -0.25) is 10.1 Å². The van der Waals surface area contributed by atoms with E-state index in [1.165, 1.54) is 6.42 Å². The Bertz CT molecular complexity index is 327. The molecular formula is C13H22N2O2. The van der Waals surface area contributed by atoms with E-state index >= 15 is 0 Å². The van der Waals surface area contributed by atoms with Crippen molar-refractivity contribution in [2.24, 2.45) is 17.8 Å². The van der Waals surface area contributed by atoms with Crippen LogP contribution in [-0.4, -0.2) is 29.4 Å². The number of nitrogens with zero attached hydrogens (tertiary/aromatic N) is 1. The van der Waals surface area contributed by atoms with Gasteiger partial charge in [-0.1, -0.05) is 20.8 Å². The van der Waals surface area contributed by atoms with Gasteiger partial charge in [0.25, 0.3) is 0 Å². The van der Waals surface area contributed by atoms with Crippen LogP contribution in [0.4, 0.5) is 4.79 Å². The molecule has 3 atom stereocenters. The first-order chi connectivity index (χ1) is 7.99. The fraction of sp³-hybridized carbons (Fsp3) is 0.846. The Kier molecular flexibility index (Phi) is 3.40. The largest absolute Gasteiger partial charge is 0.324 e. The van der Waals surface area contributed by atoms with Gasteiger partial charge >= 0.3 is 6.03 Å². The predicted octanol–water partition coefficient (Wildman–Crippen LogP) is 2.00. The molecule has 0 bridgehead atoms. The number of carbonyl (C=O) groups is 2. The topological polar surface area (TPSA) is 49.4 Å². The first kappa shape index (κ1) is 12.4. The summed E-state index contributed by atoms with van der Waals surface area (Å²) in [4.78, 5) is 24.7. The molecule has 2 rings (SSSR count). The average molecular weight is 238 g/mol. The number of nitrogens with one attached hydrogen (secondary N) is 1. The zero-order valence-electron chi connectivity index (χ0n) is 10.9. The van der Waals surface area contributed by atoms with Crippen molar-refractivity contribution in [3.05, 3.63) is 0 Å². The normalized spacial score (nSPS) is 34.4. The van der Waals surface area contributed by atoms with Crippen LogP contribution in [0.5, 0.6) is 0 Å². The molecule has 0 spiro atoms. The predicted molar refractivity (Wildman–Crippen MR) is 65.4 cm³/mol. The highest BCUT2D eigenvalue weighted by Gasteiger charge is 2.39. The monoisotopic (exact) mass is 238 g/mol. The number of imide groups is 1. The summed E-state index contributed by atoms with van der Waals surface area (Å²) in [5.74, 6) is 1.68. The molecule has 2 aliphatic rings. The Morgan fingerprint density at radius 3 is 2.53 bits per heavy atom. The molecular weight excluding hydrogens is 216 g/mol. The van der Waals surface area contributed by atoms with Gasteiger partial charge in [0.2, 0.25) is 5.91 Å². The maximum atomic E-state index is 11.7. The lowest BCUT2D eigenvalue weighted by atomic mass is 9.74. The molecule has 1 saturated carbocycles. The second-order valence-electron chi connectivity index (χ2n) is 5.84. The van der Waals surface area contributed by atoms with Crippen molar-refractivity contribution in [1.29, 1.82) is 0 Å². The highest BCUT2D eigenvalue weighted by atomic mass is 16.2. The van der Waals surface area contributed by atoms with Crippen LogP contribution >= 0.6 is 0 Å². The van der Waals surface area contributed by atoms with E-state index in [0.29, 0.717) is 17.8 Å². The third-order valence-electron chi connectivity index (χ3n) is 4.36. The third-order valence-corrected chi connectivity index (χ3v) is 4.36. The first-order valence-electron chi connectivity index (χ1n) is 6.59. The maximum absolute atomic E-state index is 11.7. The van der Waals surface area contributed by atoms with Gasteiger partial charge in [-0.2, -0.15) is 0 Å². The number of hydrogen-bond acceptors (Lipinski definition) is 2. The zero-order valence-corrected chi connectivity index (χ0v) is 10.9. The molecule has 0 unspecified atom stereocenters. The SMILES string of the molecule is CC(C)[C@@H]1CC[C@H](C)[C@@H](N2CC(=O)NC2=O)C1. The minimum absolute atomic E-state index is 0.158. The van der Waals surface area contributed by atoms with Gasteiger partial charge in [0.15, 0.2) is 0 Å². The van der Waals surface area contributed by atoms with Crippen LogP contribution in [0.1, 0.15) is 40.0 Å². The molecule has 0 aromatic rings. The Morgan fingerprint density at radius 1 is 1.29 bits per heavy atom. The zero-order chi connectivity index (χ0) is 12.6. The van der Waals surface area contributed by atoms with E-state index < -0.39 is 0 Å². The van der Waals surface area contributed by atoms with Crippen LogP contribution in [0.25, 0.3) is 0 Å². The summed E-state index contributed by atoms with van der Waals surface area (Å²) in [6, 6.07) is 0.0406. The van der Waals surface area contributed by atoms with Crippen LogP contribution in [-0.2, 0) is 4.79 Å². The number of carbonyl (C=O) groups excluding carboxylic acids is 2. The van der Waals surface area contributed by atoms with E-state index in [-0.39, 0.29) is 24.5 Å². The standard InChI is InChI=1S/C13H22N2O2/c1-8(2)10-5-4-9(3)11(6-10)15-7-12(16)14-13(15)17/h8-11H,4-7H2,1-3H3,(H,14,16,17)/t9-,10+,11-/m0/s1. The number of urea groups is 1. The first-order valence-corrected chi connectivity index (χ1v) is 6.59. The number of amides is 3. The molecule has 0 radical (unpaired) electrons. The number of hydrogen-bond donors (Lipinski definition) is 1. The van der Waals surface area contributed by atoms with Gasteiger partial charge in [0.1, 0.15) is 6.54 Å². The van der Waals surface area contributed by atoms with E-state index in [4.69, 9.17) is 0 Å².